The summed E-state index contributed by atoms with van der Waals surface area (Å²) >= 11 is 0. The van der Waals surface area contributed by atoms with Crippen LogP contribution in [0.5, 0.6) is 0 Å². The van der Waals surface area contributed by atoms with E-state index in [1.54, 1.807) is 6.08 Å². The molecule has 2 nitrogen and oxygen atoms in total. The minimum absolute atomic E-state index is 0.141. The topological polar surface area (TPSA) is 26.3 Å². The van der Waals surface area contributed by atoms with Gasteiger partial charge in [-0.15, -0.1) is 0 Å². The van der Waals surface area contributed by atoms with Crippen molar-refractivity contribution in [3.05, 3.63) is 11.8 Å². The molecule has 118 valence electrons. The molecule has 2 heteroatoms. The summed E-state index contributed by atoms with van der Waals surface area (Å²) in [5, 5.41) is 0. The first kappa shape index (κ1) is 15.1. The smallest absolute Gasteiger partial charge is 0.339 e. The molecule has 0 atom stereocenters. The normalized spacial score (nSPS) is 36.6. The Morgan fingerprint density at radius 3 is 2.10 bits per heavy atom. The summed E-state index contributed by atoms with van der Waals surface area (Å²) in [7, 11) is 0. The predicted octanol–water partition coefficient (Wildman–Crippen LogP) is 5.23. The van der Waals surface area contributed by atoms with Crippen LogP contribution in [-0.4, -0.2) is 5.97 Å². The lowest BCUT2D eigenvalue weighted by Crippen LogP contribution is -2.28. The number of unbranched alkanes of at least 4 members (excludes halogenated alkanes) is 1. The van der Waals surface area contributed by atoms with Gasteiger partial charge in [0.15, 0.2) is 0 Å². The zero-order chi connectivity index (χ0) is 14.7. The van der Waals surface area contributed by atoms with Gasteiger partial charge in [-0.1, -0.05) is 39.0 Å². The second-order valence-electron chi connectivity index (χ2n) is 7.50. The molecule has 0 N–H and O–H groups in total. The first-order chi connectivity index (χ1) is 10.3. The largest absolute Gasteiger partial charge is 0.427 e. The molecule has 0 saturated heterocycles. The van der Waals surface area contributed by atoms with E-state index in [9.17, 15) is 4.79 Å². The molecule has 2 saturated carbocycles. The summed E-state index contributed by atoms with van der Waals surface area (Å²) in [5.41, 5.74) is 0. The molecule has 21 heavy (non-hydrogen) atoms. The number of hydrogen-bond acceptors (Lipinski definition) is 2. The van der Waals surface area contributed by atoms with Crippen LogP contribution >= 0.6 is 0 Å². The van der Waals surface area contributed by atoms with E-state index < -0.39 is 0 Å². The van der Waals surface area contributed by atoms with Gasteiger partial charge in [0.25, 0.3) is 0 Å². The molecule has 0 aromatic carbocycles. The monoisotopic (exact) mass is 290 g/mol. The molecular formula is C19H30O2. The molecule has 0 spiro atoms. The molecule has 3 aliphatic rings. The van der Waals surface area contributed by atoms with Gasteiger partial charge in [0.2, 0.25) is 0 Å². The second-order valence-corrected chi connectivity index (χ2v) is 7.50. The molecule has 0 radical (unpaired) electrons. The van der Waals surface area contributed by atoms with Crippen LogP contribution in [0.3, 0.4) is 0 Å². The number of rotatable bonds is 5. The van der Waals surface area contributed by atoms with Gasteiger partial charge in [0.05, 0.1) is 6.08 Å². The van der Waals surface area contributed by atoms with Gasteiger partial charge < -0.3 is 4.74 Å². The van der Waals surface area contributed by atoms with E-state index in [0.717, 1.165) is 23.5 Å². The molecule has 0 unspecified atom stereocenters. The van der Waals surface area contributed by atoms with Gasteiger partial charge >= 0.3 is 5.97 Å². The summed E-state index contributed by atoms with van der Waals surface area (Å²) in [4.78, 5) is 10.9. The van der Waals surface area contributed by atoms with Crippen LogP contribution in [-0.2, 0) is 9.53 Å². The number of cyclic esters (lactones) is 1. The third-order valence-electron chi connectivity index (χ3n) is 6.18. The Balaban J connectivity index is 1.39. The lowest BCUT2D eigenvalue weighted by Gasteiger charge is -2.38. The standard InChI is InChI=1S/C19H30O2/c1-2-3-4-14-5-7-15(8-6-14)16-9-11-17(12-10-16)18-13-19(20)21-18/h13-17H,2-12H2,1H3. The molecule has 2 fully saturated rings. The fourth-order valence-corrected chi connectivity index (χ4v) is 4.75. The van der Waals surface area contributed by atoms with Crippen LogP contribution in [0.1, 0.15) is 77.6 Å². The van der Waals surface area contributed by atoms with Crippen molar-refractivity contribution in [1.82, 2.24) is 0 Å². The second kappa shape index (κ2) is 6.98. The first-order valence-electron chi connectivity index (χ1n) is 9.19. The van der Waals surface area contributed by atoms with Crippen molar-refractivity contribution in [2.45, 2.75) is 77.6 Å². The summed E-state index contributed by atoms with van der Waals surface area (Å²) < 4.78 is 5.13. The Labute approximate surface area is 129 Å². The van der Waals surface area contributed by atoms with Crippen LogP contribution in [0.4, 0.5) is 0 Å². The molecule has 1 heterocycles. The van der Waals surface area contributed by atoms with E-state index in [4.69, 9.17) is 4.74 Å². The maximum atomic E-state index is 10.9. The number of ether oxygens (including phenoxy) is 1. The summed E-state index contributed by atoms with van der Waals surface area (Å²) in [6.07, 6.45) is 17.0. The van der Waals surface area contributed by atoms with E-state index in [1.807, 2.05) is 0 Å². The van der Waals surface area contributed by atoms with Crippen molar-refractivity contribution in [2.24, 2.45) is 23.7 Å². The summed E-state index contributed by atoms with van der Waals surface area (Å²) in [6, 6.07) is 0. The van der Waals surface area contributed by atoms with Gasteiger partial charge in [0.1, 0.15) is 5.76 Å². The lowest BCUT2D eigenvalue weighted by atomic mass is 9.68. The molecule has 2 aliphatic carbocycles. The predicted molar refractivity (Wildman–Crippen MR) is 84.6 cm³/mol. The molecule has 0 amide bonds. The van der Waals surface area contributed by atoms with Crippen molar-refractivity contribution in [2.75, 3.05) is 0 Å². The number of esters is 1. The quantitative estimate of drug-likeness (QED) is 0.648. The highest BCUT2D eigenvalue weighted by Gasteiger charge is 2.34. The Bertz CT molecular complexity index is 382. The molecule has 1 aliphatic heterocycles. The Hall–Kier alpha value is -0.790. The lowest BCUT2D eigenvalue weighted by molar-refractivity contribution is -0.140. The fourth-order valence-electron chi connectivity index (χ4n) is 4.75. The summed E-state index contributed by atoms with van der Waals surface area (Å²) in [6.45, 7) is 2.30. The van der Waals surface area contributed by atoms with Crippen molar-refractivity contribution in [1.29, 1.82) is 0 Å². The SMILES string of the molecule is CCCCC1CCC(C2CCC(C3=CC(=O)O3)CC2)CC1. The minimum Gasteiger partial charge on any atom is -0.427 e. The Kier molecular flexibility index (Phi) is 5.03. The van der Waals surface area contributed by atoms with E-state index in [1.165, 1.54) is 70.6 Å². The highest BCUT2D eigenvalue weighted by molar-refractivity contribution is 5.89. The minimum atomic E-state index is -0.141. The van der Waals surface area contributed by atoms with Crippen LogP contribution in [0.15, 0.2) is 11.8 Å². The zero-order valence-corrected chi connectivity index (χ0v) is 13.5. The third-order valence-corrected chi connectivity index (χ3v) is 6.18. The van der Waals surface area contributed by atoms with Gasteiger partial charge in [-0.25, -0.2) is 4.79 Å². The molecule has 3 rings (SSSR count). The number of carbonyl (C=O) groups is 1. The van der Waals surface area contributed by atoms with Gasteiger partial charge in [-0.3, -0.25) is 0 Å². The fraction of sp³-hybridized carbons (Fsp3) is 0.842. The van der Waals surface area contributed by atoms with E-state index >= 15 is 0 Å². The first-order valence-corrected chi connectivity index (χ1v) is 9.19. The van der Waals surface area contributed by atoms with Gasteiger partial charge in [-0.2, -0.15) is 0 Å². The zero-order valence-electron chi connectivity index (χ0n) is 13.5. The van der Waals surface area contributed by atoms with Gasteiger partial charge in [-0.05, 0) is 56.3 Å². The van der Waals surface area contributed by atoms with Crippen molar-refractivity contribution in [3.8, 4) is 0 Å². The highest BCUT2D eigenvalue weighted by Crippen LogP contribution is 2.44. The van der Waals surface area contributed by atoms with Crippen LogP contribution < -0.4 is 0 Å². The molecule has 0 aromatic rings. The average molecular weight is 290 g/mol. The number of allylic oxidation sites excluding steroid dienone is 1. The van der Waals surface area contributed by atoms with Crippen LogP contribution in [0.25, 0.3) is 0 Å². The van der Waals surface area contributed by atoms with E-state index in [0.29, 0.717) is 5.92 Å². The third kappa shape index (κ3) is 3.70. The van der Waals surface area contributed by atoms with E-state index in [-0.39, 0.29) is 5.97 Å². The number of carbonyl (C=O) groups excluding carboxylic acids is 1. The molecule has 0 aromatic heterocycles. The molecule has 0 bridgehead atoms. The highest BCUT2D eigenvalue weighted by atomic mass is 16.6. The Morgan fingerprint density at radius 2 is 1.57 bits per heavy atom. The molecular weight excluding hydrogens is 260 g/mol. The maximum absolute atomic E-state index is 10.9. The summed E-state index contributed by atoms with van der Waals surface area (Å²) in [5.74, 6) is 4.34. The van der Waals surface area contributed by atoms with Crippen LogP contribution in [0, 0.1) is 23.7 Å². The van der Waals surface area contributed by atoms with E-state index in [2.05, 4.69) is 6.92 Å². The van der Waals surface area contributed by atoms with Crippen molar-refractivity contribution < 1.29 is 9.53 Å². The van der Waals surface area contributed by atoms with Crippen molar-refractivity contribution in [3.63, 3.8) is 0 Å². The van der Waals surface area contributed by atoms with Crippen LogP contribution in [0.2, 0.25) is 0 Å². The maximum Gasteiger partial charge on any atom is 0.339 e. The van der Waals surface area contributed by atoms with Crippen molar-refractivity contribution >= 4 is 5.97 Å². The number of hydrogen-bond donors (Lipinski definition) is 0. The van der Waals surface area contributed by atoms with Gasteiger partial charge in [0, 0.05) is 5.92 Å². The average Bonchev–Trinajstić information content (AvgIpc) is 2.51. The Morgan fingerprint density at radius 1 is 1.00 bits per heavy atom.